The van der Waals surface area contributed by atoms with Crippen LogP contribution in [0, 0.1) is 5.41 Å². The molecule has 1 aliphatic carbocycles. The number of aromatic nitrogens is 1. The number of hydrogen-bond acceptors (Lipinski definition) is 5. The average molecular weight is 379 g/mol. The van der Waals surface area contributed by atoms with Crippen LogP contribution in [0.4, 0.5) is 11.5 Å². The molecule has 1 aromatic rings. The molecular formula is C19H27ClN4O2. The Hall–Kier alpha value is -1.53. The van der Waals surface area contributed by atoms with Gasteiger partial charge in [-0.25, -0.2) is 4.98 Å². The van der Waals surface area contributed by atoms with E-state index in [1.807, 2.05) is 0 Å². The first-order valence-electron chi connectivity index (χ1n) is 9.64. The number of aliphatic hydroxyl groups excluding tert-OH is 1. The zero-order valence-electron chi connectivity index (χ0n) is 15.0. The maximum absolute atomic E-state index is 13.3. The van der Waals surface area contributed by atoms with E-state index < -0.39 is 0 Å². The molecule has 1 amide bonds. The van der Waals surface area contributed by atoms with E-state index in [0.29, 0.717) is 23.3 Å². The summed E-state index contributed by atoms with van der Waals surface area (Å²) < 4.78 is 0. The van der Waals surface area contributed by atoms with Gasteiger partial charge in [0.2, 0.25) is 5.91 Å². The van der Waals surface area contributed by atoms with Gasteiger partial charge in [-0.3, -0.25) is 4.79 Å². The van der Waals surface area contributed by atoms with Gasteiger partial charge in [-0.05, 0) is 51.0 Å². The van der Waals surface area contributed by atoms with E-state index in [9.17, 15) is 9.90 Å². The van der Waals surface area contributed by atoms with Crippen molar-refractivity contribution in [1.29, 1.82) is 0 Å². The summed E-state index contributed by atoms with van der Waals surface area (Å²) in [6, 6.07) is 2.01. The molecule has 1 atom stereocenters. The first-order valence-corrected chi connectivity index (χ1v) is 10.0. The van der Waals surface area contributed by atoms with Crippen LogP contribution in [0.3, 0.4) is 0 Å². The molecule has 1 saturated carbocycles. The summed E-state index contributed by atoms with van der Waals surface area (Å²) in [4.78, 5) is 22.0. The maximum atomic E-state index is 13.3. The smallest absolute Gasteiger partial charge is 0.230 e. The van der Waals surface area contributed by atoms with Gasteiger partial charge in [0.15, 0.2) is 0 Å². The van der Waals surface area contributed by atoms with Gasteiger partial charge in [-0.15, -0.1) is 0 Å². The summed E-state index contributed by atoms with van der Waals surface area (Å²) in [5, 5.41) is 10.3. The maximum Gasteiger partial charge on any atom is 0.230 e. The largest absolute Gasteiger partial charge is 0.397 e. The van der Waals surface area contributed by atoms with Gasteiger partial charge < -0.3 is 20.6 Å². The molecule has 1 aromatic heterocycles. The van der Waals surface area contributed by atoms with E-state index in [4.69, 9.17) is 17.3 Å². The molecule has 0 radical (unpaired) electrons. The van der Waals surface area contributed by atoms with Crippen LogP contribution in [0.2, 0.25) is 5.02 Å². The van der Waals surface area contributed by atoms with Gasteiger partial charge in [0.25, 0.3) is 0 Å². The van der Waals surface area contributed by atoms with Crippen LogP contribution in [0.5, 0.6) is 0 Å². The van der Waals surface area contributed by atoms with Gasteiger partial charge >= 0.3 is 0 Å². The van der Waals surface area contributed by atoms with Crippen molar-refractivity contribution < 1.29 is 9.90 Å². The summed E-state index contributed by atoms with van der Waals surface area (Å²) in [7, 11) is 0. The van der Waals surface area contributed by atoms with Gasteiger partial charge in [0.05, 0.1) is 28.4 Å². The van der Waals surface area contributed by atoms with Crippen molar-refractivity contribution in [1.82, 2.24) is 9.88 Å². The van der Waals surface area contributed by atoms with E-state index in [1.165, 1.54) is 0 Å². The monoisotopic (exact) mass is 378 g/mol. The number of carbonyl (C=O) groups is 1. The molecule has 0 bridgehead atoms. The third-order valence-corrected chi connectivity index (χ3v) is 6.65. The average Bonchev–Trinajstić information content (AvgIpc) is 2.92. The lowest BCUT2D eigenvalue weighted by Gasteiger charge is -2.41. The highest BCUT2D eigenvalue weighted by molar-refractivity contribution is 6.33. The number of anilines is 2. The molecule has 7 heteroatoms. The van der Waals surface area contributed by atoms with Gasteiger partial charge in [-0.2, -0.15) is 0 Å². The van der Waals surface area contributed by atoms with E-state index in [2.05, 4.69) is 14.8 Å². The first-order chi connectivity index (χ1) is 12.5. The number of nitrogens with two attached hydrogens (primary N) is 1. The SMILES string of the molecule is Nc1cnc(N2CCC[C@]3(CCN(C4CCC(O)CC4)C3=O)C2)c(Cl)c1. The molecule has 0 unspecified atom stereocenters. The Morgan fingerprint density at radius 3 is 2.73 bits per heavy atom. The molecule has 3 fully saturated rings. The molecule has 3 aliphatic rings. The Balaban J connectivity index is 1.50. The normalized spacial score (nSPS) is 32.5. The number of nitrogens with zero attached hydrogens (tertiary/aromatic N) is 3. The quantitative estimate of drug-likeness (QED) is 0.825. The topological polar surface area (TPSA) is 82.7 Å². The number of hydrogen-bond donors (Lipinski definition) is 2. The second-order valence-corrected chi connectivity index (χ2v) is 8.50. The summed E-state index contributed by atoms with van der Waals surface area (Å²) in [5.74, 6) is 1.02. The van der Waals surface area contributed by atoms with Crippen molar-refractivity contribution in [3.8, 4) is 0 Å². The summed E-state index contributed by atoms with van der Waals surface area (Å²) in [6.07, 6.45) is 7.66. The van der Waals surface area contributed by atoms with Crippen molar-refractivity contribution in [2.45, 2.75) is 57.1 Å². The summed E-state index contributed by atoms with van der Waals surface area (Å²) in [6.45, 7) is 2.37. The molecule has 2 aliphatic heterocycles. The Kier molecular flexibility index (Phi) is 4.73. The van der Waals surface area contributed by atoms with Gasteiger partial charge in [0, 0.05) is 25.7 Å². The Labute approximate surface area is 159 Å². The Morgan fingerprint density at radius 2 is 2.00 bits per heavy atom. The van der Waals surface area contributed by atoms with Crippen LogP contribution in [0.15, 0.2) is 12.3 Å². The van der Waals surface area contributed by atoms with Gasteiger partial charge in [0.1, 0.15) is 5.82 Å². The minimum absolute atomic E-state index is 0.193. The fourth-order valence-electron chi connectivity index (χ4n) is 4.94. The molecule has 3 heterocycles. The van der Waals surface area contributed by atoms with Crippen LogP contribution in [0.25, 0.3) is 0 Å². The highest BCUT2D eigenvalue weighted by Gasteiger charge is 2.50. The molecule has 3 N–H and O–H groups in total. The molecule has 0 aromatic carbocycles. The Morgan fingerprint density at radius 1 is 1.23 bits per heavy atom. The van der Waals surface area contributed by atoms with E-state index >= 15 is 0 Å². The van der Waals surface area contributed by atoms with E-state index in [1.54, 1.807) is 12.3 Å². The van der Waals surface area contributed by atoms with Crippen molar-refractivity contribution in [3.63, 3.8) is 0 Å². The number of aliphatic hydroxyl groups is 1. The third kappa shape index (κ3) is 3.14. The number of piperidine rings is 1. The van der Waals surface area contributed by atoms with Crippen LogP contribution in [-0.2, 0) is 4.79 Å². The second-order valence-electron chi connectivity index (χ2n) is 8.09. The molecular weight excluding hydrogens is 352 g/mol. The van der Waals surface area contributed by atoms with Gasteiger partial charge in [-0.1, -0.05) is 11.6 Å². The zero-order chi connectivity index (χ0) is 18.3. The second kappa shape index (κ2) is 6.89. The fourth-order valence-corrected chi connectivity index (χ4v) is 5.23. The van der Waals surface area contributed by atoms with Crippen LogP contribution < -0.4 is 10.6 Å². The van der Waals surface area contributed by atoms with Crippen LogP contribution >= 0.6 is 11.6 Å². The van der Waals surface area contributed by atoms with Crippen LogP contribution in [-0.4, -0.2) is 52.7 Å². The first kappa shape index (κ1) is 17.9. The lowest BCUT2D eigenvalue weighted by Crippen LogP contribution is -2.50. The minimum atomic E-state index is -0.319. The number of halogens is 1. The number of amides is 1. The number of rotatable bonds is 2. The van der Waals surface area contributed by atoms with Crippen molar-refractivity contribution in [2.75, 3.05) is 30.3 Å². The van der Waals surface area contributed by atoms with E-state index in [0.717, 1.165) is 63.9 Å². The standard InChI is InChI=1S/C19H27ClN4O2/c20-16-10-13(21)11-22-17(16)23-8-1-6-19(12-23)7-9-24(18(19)26)14-2-4-15(25)5-3-14/h10-11,14-15,25H,1-9,12,21H2/t14?,15?,19-/m0/s1. The lowest BCUT2D eigenvalue weighted by atomic mass is 9.78. The molecule has 2 saturated heterocycles. The van der Waals surface area contributed by atoms with Crippen molar-refractivity contribution in [2.24, 2.45) is 5.41 Å². The minimum Gasteiger partial charge on any atom is -0.397 e. The Bertz CT molecular complexity index is 692. The summed E-state index contributed by atoms with van der Waals surface area (Å²) in [5.41, 5.74) is 5.99. The molecule has 142 valence electrons. The predicted octanol–water partition coefficient (Wildman–Crippen LogP) is 2.44. The van der Waals surface area contributed by atoms with Crippen molar-refractivity contribution in [3.05, 3.63) is 17.3 Å². The molecule has 1 spiro atoms. The number of pyridine rings is 1. The van der Waals surface area contributed by atoms with Crippen molar-refractivity contribution >= 4 is 29.0 Å². The zero-order valence-corrected chi connectivity index (χ0v) is 15.8. The lowest BCUT2D eigenvalue weighted by molar-refractivity contribution is -0.139. The third-order valence-electron chi connectivity index (χ3n) is 6.37. The highest BCUT2D eigenvalue weighted by Crippen LogP contribution is 2.44. The molecule has 4 rings (SSSR count). The number of likely N-dealkylation sites (tertiary alicyclic amines) is 1. The molecule has 26 heavy (non-hydrogen) atoms. The van der Waals surface area contributed by atoms with Crippen LogP contribution in [0.1, 0.15) is 44.9 Å². The van der Waals surface area contributed by atoms with E-state index in [-0.39, 0.29) is 17.4 Å². The number of carbonyl (C=O) groups excluding carboxylic acids is 1. The molecule has 6 nitrogen and oxygen atoms in total. The predicted molar refractivity (Wildman–Crippen MR) is 102 cm³/mol. The highest BCUT2D eigenvalue weighted by atomic mass is 35.5. The fraction of sp³-hybridized carbons (Fsp3) is 0.684. The number of nitrogen functional groups attached to an aromatic ring is 1. The summed E-state index contributed by atoms with van der Waals surface area (Å²) >= 11 is 6.36.